The molecule has 0 N–H and O–H groups in total. The highest BCUT2D eigenvalue weighted by atomic mass is 16.5. The van der Waals surface area contributed by atoms with E-state index in [0.29, 0.717) is 12.2 Å². The molecular formula is C25H51NO3. The largest absolute Gasteiger partial charge is 0.381 e. The van der Waals surface area contributed by atoms with Crippen LogP contribution in [0.1, 0.15) is 92.4 Å². The fraction of sp³-hybridized carbons (Fsp3) is 1.00. The van der Waals surface area contributed by atoms with Gasteiger partial charge in [-0.1, -0.05) is 39.5 Å². The lowest BCUT2D eigenvalue weighted by Crippen LogP contribution is -2.23. The quantitative estimate of drug-likeness (QED) is 0.492. The van der Waals surface area contributed by atoms with Gasteiger partial charge in [-0.3, -0.25) is 0 Å². The SMILES string of the molecule is CC1CCCC1.CC1CCCN1C.CC1CCCO1.CC1CCO1.CC1COC1. The smallest absolute Gasteiger partial charge is 0.0568 e. The van der Waals surface area contributed by atoms with Crippen LogP contribution in [0.2, 0.25) is 0 Å². The molecule has 0 amide bonds. The Hall–Kier alpha value is -0.160. The summed E-state index contributed by atoms with van der Waals surface area (Å²) in [7, 11) is 2.19. The topological polar surface area (TPSA) is 30.9 Å². The highest BCUT2D eigenvalue weighted by Crippen LogP contribution is 2.23. The summed E-state index contributed by atoms with van der Waals surface area (Å²) in [4.78, 5) is 2.40. The van der Waals surface area contributed by atoms with Crippen LogP contribution in [0.4, 0.5) is 0 Å². The van der Waals surface area contributed by atoms with Gasteiger partial charge >= 0.3 is 0 Å². The molecule has 174 valence electrons. The summed E-state index contributed by atoms with van der Waals surface area (Å²) in [5, 5.41) is 0. The molecule has 1 saturated carbocycles. The molecule has 0 bridgehead atoms. The second-order valence-electron chi connectivity index (χ2n) is 9.80. The van der Waals surface area contributed by atoms with Crippen LogP contribution < -0.4 is 0 Å². The van der Waals surface area contributed by atoms with Gasteiger partial charge in [0.25, 0.3) is 0 Å². The summed E-state index contributed by atoms with van der Waals surface area (Å²) in [6.07, 6.45) is 13.7. The number of rotatable bonds is 0. The fourth-order valence-electron chi connectivity index (χ4n) is 3.65. The first kappa shape index (κ1) is 26.9. The number of hydrogen-bond acceptors (Lipinski definition) is 4. The van der Waals surface area contributed by atoms with Crippen molar-refractivity contribution >= 4 is 0 Å². The zero-order valence-corrected chi connectivity index (χ0v) is 20.5. The molecule has 4 heteroatoms. The number of ether oxygens (including phenoxy) is 3. The van der Waals surface area contributed by atoms with Gasteiger partial charge in [0.1, 0.15) is 0 Å². The molecule has 3 unspecified atom stereocenters. The van der Waals surface area contributed by atoms with E-state index in [-0.39, 0.29) is 0 Å². The van der Waals surface area contributed by atoms with Crippen LogP contribution in [0.3, 0.4) is 0 Å². The van der Waals surface area contributed by atoms with Gasteiger partial charge < -0.3 is 19.1 Å². The number of hydrogen-bond donors (Lipinski definition) is 0. The predicted molar refractivity (Wildman–Crippen MR) is 124 cm³/mol. The Labute approximate surface area is 182 Å². The summed E-state index contributed by atoms with van der Waals surface area (Å²) in [6, 6.07) is 0.847. The molecular weight excluding hydrogens is 362 g/mol. The molecule has 0 aromatic carbocycles. The third-order valence-corrected chi connectivity index (χ3v) is 6.42. The Balaban J connectivity index is 0.000000182. The first-order valence-corrected chi connectivity index (χ1v) is 12.4. The minimum Gasteiger partial charge on any atom is -0.381 e. The Bertz CT molecular complexity index is 325. The lowest BCUT2D eigenvalue weighted by molar-refractivity contribution is -0.0375. The van der Waals surface area contributed by atoms with Gasteiger partial charge in [-0.15, -0.1) is 0 Å². The van der Waals surface area contributed by atoms with Crippen LogP contribution in [-0.4, -0.2) is 63.2 Å². The van der Waals surface area contributed by atoms with E-state index in [2.05, 4.69) is 46.6 Å². The third-order valence-electron chi connectivity index (χ3n) is 6.42. The van der Waals surface area contributed by atoms with Crippen LogP contribution in [-0.2, 0) is 14.2 Å². The molecule has 3 atom stereocenters. The van der Waals surface area contributed by atoms with E-state index in [1.54, 1.807) is 0 Å². The first-order valence-electron chi connectivity index (χ1n) is 12.4. The highest BCUT2D eigenvalue weighted by Gasteiger charge is 2.14. The van der Waals surface area contributed by atoms with Crippen LogP contribution in [0, 0.1) is 11.8 Å². The maximum absolute atomic E-state index is 5.15. The third kappa shape index (κ3) is 14.5. The van der Waals surface area contributed by atoms with E-state index in [1.807, 2.05) is 0 Å². The molecule has 0 spiro atoms. The zero-order chi connectivity index (χ0) is 21.5. The molecule has 0 aromatic rings. The highest BCUT2D eigenvalue weighted by molar-refractivity contribution is 4.70. The standard InChI is InChI=1S/C6H13N.C6H12.C5H10O.2C4H8O/c1-6-4-3-5-7(6)2;1-6-4-2-3-5-6;1-5-3-2-4-6-5;1-4-2-5-3-4;1-4-2-3-5-4/h6H,3-5H2,1-2H3;6H,2-5H2,1H3;5H,2-4H2,1H3;2*4H,2-3H2,1H3. The maximum Gasteiger partial charge on any atom is 0.0568 e. The fourth-order valence-corrected chi connectivity index (χ4v) is 3.65. The molecule has 0 radical (unpaired) electrons. The normalized spacial score (nSPS) is 31.4. The van der Waals surface area contributed by atoms with Crippen molar-refractivity contribution in [3.05, 3.63) is 0 Å². The molecule has 4 nitrogen and oxygen atoms in total. The molecule has 4 saturated heterocycles. The summed E-state index contributed by atoms with van der Waals surface area (Å²) >= 11 is 0. The lowest BCUT2D eigenvalue weighted by atomic mass is 10.2. The van der Waals surface area contributed by atoms with Gasteiger partial charge in [0.05, 0.1) is 25.4 Å². The van der Waals surface area contributed by atoms with Gasteiger partial charge in [0.15, 0.2) is 0 Å². The lowest BCUT2D eigenvalue weighted by Gasteiger charge is -2.20. The van der Waals surface area contributed by atoms with Crippen LogP contribution in [0.5, 0.6) is 0 Å². The zero-order valence-electron chi connectivity index (χ0n) is 20.5. The van der Waals surface area contributed by atoms with Crippen molar-refractivity contribution in [3.8, 4) is 0 Å². The van der Waals surface area contributed by atoms with Crippen molar-refractivity contribution in [2.45, 2.75) is 111 Å². The Kier molecular flexibility index (Phi) is 15.3. The molecule has 29 heavy (non-hydrogen) atoms. The van der Waals surface area contributed by atoms with E-state index in [1.165, 1.54) is 64.3 Å². The number of likely N-dealkylation sites (tertiary alicyclic amines) is 1. The average Bonchev–Trinajstić information content (AvgIpc) is 3.40. The van der Waals surface area contributed by atoms with E-state index < -0.39 is 0 Å². The average molecular weight is 414 g/mol. The van der Waals surface area contributed by atoms with E-state index >= 15 is 0 Å². The molecule has 4 heterocycles. The van der Waals surface area contributed by atoms with Gasteiger partial charge in [-0.2, -0.15) is 0 Å². The van der Waals surface area contributed by atoms with Crippen molar-refractivity contribution < 1.29 is 14.2 Å². The Morgan fingerprint density at radius 3 is 1.28 bits per heavy atom. The second-order valence-corrected chi connectivity index (χ2v) is 9.80. The molecule has 1 aliphatic carbocycles. The monoisotopic (exact) mass is 413 g/mol. The summed E-state index contributed by atoms with van der Waals surface area (Å²) in [5.41, 5.74) is 0. The molecule has 5 aliphatic rings. The Morgan fingerprint density at radius 2 is 1.17 bits per heavy atom. The van der Waals surface area contributed by atoms with Crippen LogP contribution in [0.25, 0.3) is 0 Å². The van der Waals surface area contributed by atoms with Gasteiger partial charge in [-0.05, 0) is 72.4 Å². The van der Waals surface area contributed by atoms with Crippen molar-refractivity contribution in [2.24, 2.45) is 11.8 Å². The van der Waals surface area contributed by atoms with Crippen molar-refractivity contribution in [2.75, 3.05) is 40.0 Å². The predicted octanol–water partition coefficient (Wildman–Crippen LogP) is 5.93. The minimum absolute atomic E-state index is 0.546. The summed E-state index contributed by atoms with van der Waals surface area (Å²) in [6.45, 7) is 16.3. The van der Waals surface area contributed by atoms with Gasteiger partial charge in [0.2, 0.25) is 0 Å². The minimum atomic E-state index is 0.546. The first-order chi connectivity index (χ1) is 13.9. The molecule has 4 aliphatic heterocycles. The maximum atomic E-state index is 5.15. The molecule has 5 rings (SSSR count). The molecule has 0 aromatic heterocycles. The van der Waals surface area contributed by atoms with Crippen LogP contribution in [0.15, 0.2) is 0 Å². The van der Waals surface area contributed by atoms with Crippen molar-refractivity contribution in [3.63, 3.8) is 0 Å². The van der Waals surface area contributed by atoms with Crippen molar-refractivity contribution in [1.82, 2.24) is 4.90 Å². The van der Waals surface area contributed by atoms with Gasteiger partial charge in [-0.25, -0.2) is 0 Å². The van der Waals surface area contributed by atoms with E-state index in [0.717, 1.165) is 44.3 Å². The summed E-state index contributed by atoms with van der Waals surface area (Å²) < 4.78 is 14.9. The summed E-state index contributed by atoms with van der Waals surface area (Å²) in [5.74, 6) is 1.89. The van der Waals surface area contributed by atoms with E-state index in [4.69, 9.17) is 14.2 Å². The Morgan fingerprint density at radius 1 is 0.621 bits per heavy atom. The number of nitrogens with zero attached hydrogens (tertiary/aromatic N) is 1. The molecule has 5 fully saturated rings. The van der Waals surface area contributed by atoms with Crippen molar-refractivity contribution in [1.29, 1.82) is 0 Å². The second kappa shape index (κ2) is 16.5. The van der Waals surface area contributed by atoms with Crippen LogP contribution >= 0.6 is 0 Å². The van der Waals surface area contributed by atoms with Gasteiger partial charge in [0, 0.05) is 25.2 Å². The van der Waals surface area contributed by atoms with E-state index in [9.17, 15) is 0 Å².